The number of pyridine rings is 1. The zero-order valence-electron chi connectivity index (χ0n) is 9.83. The van der Waals surface area contributed by atoms with Gasteiger partial charge >= 0.3 is 6.61 Å². The molecule has 0 N–H and O–H groups in total. The Bertz CT molecular complexity index is 676. The average molecular weight is 260 g/mol. The van der Waals surface area contributed by atoms with E-state index >= 15 is 0 Å². The molecule has 5 heteroatoms. The molecule has 96 valence electrons. The van der Waals surface area contributed by atoms with E-state index in [2.05, 4.69) is 9.72 Å². The van der Waals surface area contributed by atoms with Crippen LogP contribution in [0, 0.1) is 0 Å². The minimum absolute atomic E-state index is 0.126. The van der Waals surface area contributed by atoms with Crippen molar-refractivity contribution in [3.8, 4) is 17.0 Å². The Kier molecular flexibility index (Phi) is 2.87. The number of hydrogen-bond donors (Lipinski definition) is 0. The highest BCUT2D eigenvalue weighted by Crippen LogP contribution is 2.30. The summed E-state index contributed by atoms with van der Waals surface area (Å²) in [6.45, 7) is -2.85. The maximum absolute atomic E-state index is 12.4. The van der Waals surface area contributed by atoms with Crippen molar-refractivity contribution in [3.05, 3.63) is 54.9 Å². The summed E-state index contributed by atoms with van der Waals surface area (Å²) < 4.78 is 31.1. The smallest absolute Gasteiger partial charge is 0.387 e. The van der Waals surface area contributed by atoms with Crippen LogP contribution in [0.5, 0.6) is 5.75 Å². The normalized spacial score (nSPS) is 11.1. The summed E-state index contributed by atoms with van der Waals surface area (Å²) in [5.74, 6) is 0.126. The van der Waals surface area contributed by atoms with Crippen LogP contribution in [0.3, 0.4) is 0 Å². The Morgan fingerprint density at radius 2 is 1.84 bits per heavy atom. The number of alkyl halides is 2. The first-order valence-corrected chi connectivity index (χ1v) is 5.72. The van der Waals surface area contributed by atoms with Crippen molar-refractivity contribution >= 4 is 5.65 Å². The Hall–Kier alpha value is -2.43. The highest BCUT2D eigenvalue weighted by Gasteiger charge is 2.12. The number of halogens is 2. The van der Waals surface area contributed by atoms with Crippen LogP contribution in [0.2, 0.25) is 0 Å². The largest absolute Gasteiger partial charge is 0.434 e. The lowest BCUT2D eigenvalue weighted by Gasteiger charge is -2.08. The first-order chi connectivity index (χ1) is 9.24. The molecule has 3 aromatic rings. The zero-order valence-corrected chi connectivity index (χ0v) is 9.83. The van der Waals surface area contributed by atoms with Gasteiger partial charge in [0, 0.05) is 18.0 Å². The number of aromatic nitrogens is 2. The fourth-order valence-corrected chi connectivity index (χ4v) is 1.94. The lowest BCUT2D eigenvalue weighted by molar-refractivity contribution is -0.0494. The second-order valence-electron chi connectivity index (χ2n) is 3.97. The molecule has 0 aliphatic carbocycles. The van der Waals surface area contributed by atoms with Crippen LogP contribution in [0.1, 0.15) is 0 Å². The summed E-state index contributed by atoms with van der Waals surface area (Å²) in [6.07, 6.45) is 3.63. The van der Waals surface area contributed by atoms with Gasteiger partial charge in [0.15, 0.2) is 0 Å². The maximum atomic E-state index is 12.4. The maximum Gasteiger partial charge on any atom is 0.387 e. The monoisotopic (exact) mass is 260 g/mol. The molecule has 0 fully saturated rings. The van der Waals surface area contributed by atoms with Crippen molar-refractivity contribution in [2.24, 2.45) is 0 Å². The first kappa shape index (κ1) is 11.6. The second-order valence-corrected chi connectivity index (χ2v) is 3.97. The van der Waals surface area contributed by atoms with E-state index in [9.17, 15) is 8.78 Å². The van der Waals surface area contributed by atoms with Crippen molar-refractivity contribution in [2.45, 2.75) is 6.61 Å². The number of rotatable bonds is 3. The summed E-state index contributed by atoms with van der Waals surface area (Å²) in [4.78, 5) is 4.39. The van der Waals surface area contributed by atoms with Crippen molar-refractivity contribution in [1.82, 2.24) is 9.38 Å². The average Bonchev–Trinajstić information content (AvgIpc) is 2.82. The van der Waals surface area contributed by atoms with Gasteiger partial charge in [-0.3, -0.25) is 0 Å². The molecule has 0 saturated heterocycles. The van der Waals surface area contributed by atoms with E-state index < -0.39 is 6.61 Å². The van der Waals surface area contributed by atoms with Crippen molar-refractivity contribution in [2.75, 3.05) is 0 Å². The molecule has 2 aromatic heterocycles. The van der Waals surface area contributed by atoms with Crippen LogP contribution in [-0.2, 0) is 0 Å². The van der Waals surface area contributed by atoms with Gasteiger partial charge in [-0.25, -0.2) is 4.98 Å². The number of hydrogen-bond acceptors (Lipinski definition) is 2. The molecule has 3 rings (SSSR count). The SMILES string of the molecule is FC(F)Oc1ccccc1-c1cn2ccccc2n1. The molecule has 0 atom stereocenters. The molecular formula is C14H10F2N2O. The summed E-state index contributed by atoms with van der Waals surface area (Å²) in [7, 11) is 0. The third-order valence-electron chi connectivity index (χ3n) is 2.74. The first-order valence-electron chi connectivity index (χ1n) is 5.72. The van der Waals surface area contributed by atoms with Gasteiger partial charge in [-0.05, 0) is 24.3 Å². The minimum Gasteiger partial charge on any atom is -0.434 e. The second kappa shape index (κ2) is 4.68. The molecule has 0 unspecified atom stereocenters. The van der Waals surface area contributed by atoms with Gasteiger partial charge < -0.3 is 9.14 Å². The third kappa shape index (κ3) is 2.27. The zero-order chi connectivity index (χ0) is 13.2. The predicted molar refractivity (Wildman–Crippen MR) is 67.3 cm³/mol. The molecule has 19 heavy (non-hydrogen) atoms. The van der Waals surface area contributed by atoms with Crippen molar-refractivity contribution < 1.29 is 13.5 Å². The van der Waals surface area contributed by atoms with E-state index in [1.54, 1.807) is 24.4 Å². The van der Waals surface area contributed by atoms with Gasteiger partial charge in [0.2, 0.25) is 0 Å². The molecule has 0 amide bonds. The van der Waals surface area contributed by atoms with E-state index in [1.165, 1.54) is 6.07 Å². The van der Waals surface area contributed by atoms with Crippen molar-refractivity contribution in [1.29, 1.82) is 0 Å². The lowest BCUT2D eigenvalue weighted by atomic mass is 10.1. The molecule has 0 aliphatic heterocycles. The fraction of sp³-hybridized carbons (Fsp3) is 0.0714. The van der Waals surface area contributed by atoms with Gasteiger partial charge in [0.05, 0.1) is 5.69 Å². The van der Waals surface area contributed by atoms with E-state index in [-0.39, 0.29) is 5.75 Å². The summed E-state index contributed by atoms with van der Waals surface area (Å²) in [5, 5.41) is 0. The minimum atomic E-state index is -2.85. The standard InChI is InChI=1S/C14H10F2N2O/c15-14(16)19-12-6-2-1-5-10(12)11-9-18-8-4-3-7-13(18)17-11/h1-9,14H. The summed E-state index contributed by atoms with van der Waals surface area (Å²) in [5.41, 5.74) is 1.90. The van der Waals surface area contributed by atoms with Gasteiger partial charge in [0.1, 0.15) is 11.4 Å². The van der Waals surface area contributed by atoms with E-state index in [0.717, 1.165) is 5.65 Å². The summed E-state index contributed by atoms with van der Waals surface area (Å²) >= 11 is 0. The molecule has 2 heterocycles. The van der Waals surface area contributed by atoms with Crippen LogP contribution in [-0.4, -0.2) is 16.0 Å². The van der Waals surface area contributed by atoms with Crippen LogP contribution in [0.25, 0.3) is 16.9 Å². The van der Waals surface area contributed by atoms with E-state index in [4.69, 9.17) is 0 Å². The lowest BCUT2D eigenvalue weighted by Crippen LogP contribution is -2.02. The number of benzene rings is 1. The number of fused-ring (bicyclic) bond motifs is 1. The molecule has 0 spiro atoms. The molecule has 0 bridgehead atoms. The quantitative estimate of drug-likeness (QED) is 0.719. The molecular weight excluding hydrogens is 250 g/mol. The topological polar surface area (TPSA) is 26.5 Å². The fourth-order valence-electron chi connectivity index (χ4n) is 1.94. The van der Waals surface area contributed by atoms with Crippen molar-refractivity contribution in [3.63, 3.8) is 0 Å². The van der Waals surface area contributed by atoms with Crippen LogP contribution in [0.15, 0.2) is 54.9 Å². The molecule has 0 radical (unpaired) electrons. The Morgan fingerprint density at radius 1 is 1.05 bits per heavy atom. The van der Waals surface area contributed by atoms with Gasteiger partial charge in [-0.2, -0.15) is 8.78 Å². The predicted octanol–water partition coefficient (Wildman–Crippen LogP) is 3.60. The van der Waals surface area contributed by atoms with Gasteiger partial charge in [-0.15, -0.1) is 0 Å². The van der Waals surface area contributed by atoms with Crippen LogP contribution >= 0.6 is 0 Å². The summed E-state index contributed by atoms with van der Waals surface area (Å²) in [6, 6.07) is 12.2. The number of para-hydroxylation sites is 1. The van der Waals surface area contributed by atoms with Crippen LogP contribution in [0.4, 0.5) is 8.78 Å². The van der Waals surface area contributed by atoms with Crippen LogP contribution < -0.4 is 4.74 Å². The van der Waals surface area contributed by atoms with E-state index in [1.807, 2.05) is 28.8 Å². The molecule has 1 aromatic carbocycles. The number of imidazole rings is 1. The highest BCUT2D eigenvalue weighted by atomic mass is 19.3. The molecule has 0 aliphatic rings. The number of ether oxygens (including phenoxy) is 1. The van der Waals surface area contributed by atoms with E-state index in [0.29, 0.717) is 11.3 Å². The Morgan fingerprint density at radius 3 is 2.63 bits per heavy atom. The molecule has 3 nitrogen and oxygen atoms in total. The molecule has 0 saturated carbocycles. The third-order valence-corrected chi connectivity index (χ3v) is 2.74. The Labute approximate surface area is 108 Å². The highest BCUT2D eigenvalue weighted by molar-refractivity contribution is 5.69. The number of nitrogens with zero attached hydrogens (tertiary/aromatic N) is 2. The van der Waals surface area contributed by atoms with Gasteiger partial charge in [-0.1, -0.05) is 18.2 Å². The van der Waals surface area contributed by atoms with Gasteiger partial charge in [0.25, 0.3) is 0 Å². The Balaban J connectivity index is 2.10.